The molecule has 19 heavy (non-hydrogen) atoms. The zero-order valence-electron chi connectivity index (χ0n) is 12.4. The predicted octanol–water partition coefficient (Wildman–Crippen LogP) is 1.99. The number of rotatable bonds is 6. The highest BCUT2D eigenvalue weighted by Crippen LogP contribution is 2.24. The Morgan fingerprint density at radius 1 is 1.47 bits per heavy atom. The van der Waals surface area contributed by atoms with E-state index in [0.717, 1.165) is 5.69 Å². The number of aromatic nitrogens is 1. The lowest BCUT2D eigenvalue weighted by molar-refractivity contribution is 0.0924. The molecule has 0 aromatic carbocycles. The number of pyridine rings is 1. The Kier molecular flexibility index (Phi) is 5.48. The Balaban J connectivity index is 2.66. The summed E-state index contributed by atoms with van der Waals surface area (Å²) >= 11 is 0. The number of nitrogens with zero attached hydrogens (tertiary/aromatic N) is 1. The zero-order valence-corrected chi connectivity index (χ0v) is 12.4. The summed E-state index contributed by atoms with van der Waals surface area (Å²) in [7, 11) is 0. The van der Waals surface area contributed by atoms with Crippen molar-refractivity contribution in [3.05, 3.63) is 29.6 Å². The van der Waals surface area contributed by atoms with Crippen LogP contribution in [0.2, 0.25) is 0 Å². The van der Waals surface area contributed by atoms with E-state index in [4.69, 9.17) is 5.73 Å². The summed E-state index contributed by atoms with van der Waals surface area (Å²) in [5.74, 6) is 0.465. The van der Waals surface area contributed by atoms with Gasteiger partial charge in [0.25, 0.3) is 5.91 Å². The molecule has 0 bridgehead atoms. The number of carbonyl (C=O) groups is 1. The van der Waals surface area contributed by atoms with Crippen LogP contribution >= 0.6 is 0 Å². The van der Waals surface area contributed by atoms with Gasteiger partial charge in [0.2, 0.25) is 0 Å². The number of nitrogens with two attached hydrogens (primary N) is 1. The first-order chi connectivity index (χ1) is 8.86. The summed E-state index contributed by atoms with van der Waals surface area (Å²) in [6, 6.07) is 3.54. The number of hydrogen-bond acceptors (Lipinski definition) is 3. The lowest BCUT2D eigenvalue weighted by Gasteiger charge is -2.29. The second-order valence-electron chi connectivity index (χ2n) is 5.90. The zero-order chi connectivity index (χ0) is 14.5. The maximum absolute atomic E-state index is 12.1. The Morgan fingerprint density at radius 2 is 2.16 bits per heavy atom. The van der Waals surface area contributed by atoms with Crippen molar-refractivity contribution in [2.24, 2.45) is 17.1 Å². The normalized spacial score (nSPS) is 11.7. The van der Waals surface area contributed by atoms with E-state index in [1.165, 1.54) is 0 Å². The van der Waals surface area contributed by atoms with Gasteiger partial charge in [0.05, 0.1) is 0 Å². The molecule has 0 radical (unpaired) electrons. The summed E-state index contributed by atoms with van der Waals surface area (Å²) < 4.78 is 0. The standard InChI is InChI=1S/C15H25N3O/c1-11(2)15(3,4)10-18-14(19)12-6-8-17-13(9-12)5-7-16/h6,8-9,11H,5,7,10,16H2,1-4H3,(H,18,19). The van der Waals surface area contributed by atoms with Gasteiger partial charge in [-0.2, -0.15) is 0 Å². The molecule has 0 aliphatic carbocycles. The average Bonchev–Trinajstić information content (AvgIpc) is 2.36. The monoisotopic (exact) mass is 263 g/mol. The van der Waals surface area contributed by atoms with Crippen molar-refractivity contribution in [2.45, 2.75) is 34.1 Å². The molecule has 1 aromatic rings. The molecule has 0 spiro atoms. The second-order valence-corrected chi connectivity index (χ2v) is 5.90. The summed E-state index contributed by atoms with van der Waals surface area (Å²) in [6.07, 6.45) is 2.35. The highest BCUT2D eigenvalue weighted by Gasteiger charge is 2.23. The smallest absolute Gasteiger partial charge is 0.251 e. The maximum atomic E-state index is 12.1. The van der Waals surface area contributed by atoms with E-state index in [0.29, 0.717) is 31.0 Å². The van der Waals surface area contributed by atoms with Crippen molar-refractivity contribution in [2.75, 3.05) is 13.1 Å². The third kappa shape index (κ3) is 4.63. The first kappa shape index (κ1) is 15.6. The van der Waals surface area contributed by atoms with E-state index in [1.54, 1.807) is 12.3 Å². The molecule has 0 aliphatic rings. The lowest BCUT2D eigenvalue weighted by Crippen LogP contribution is -2.37. The van der Waals surface area contributed by atoms with Gasteiger partial charge in [-0.05, 0) is 30.0 Å². The van der Waals surface area contributed by atoms with Crippen LogP contribution in [-0.4, -0.2) is 24.0 Å². The van der Waals surface area contributed by atoms with Crippen molar-refractivity contribution >= 4 is 5.91 Å². The molecule has 106 valence electrons. The van der Waals surface area contributed by atoms with E-state index >= 15 is 0 Å². The Bertz CT molecular complexity index is 427. The van der Waals surface area contributed by atoms with Crippen molar-refractivity contribution in [1.82, 2.24) is 10.3 Å². The minimum atomic E-state index is -0.0469. The van der Waals surface area contributed by atoms with Crippen molar-refractivity contribution < 1.29 is 4.79 Å². The van der Waals surface area contributed by atoms with Crippen LogP contribution in [0.15, 0.2) is 18.3 Å². The van der Waals surface area contributed by atoms with Gasteiger partial charge in [-0.1, -0.05) is 27.7 Å². The summed E-state index contributed by atoms with van der Waals surface area (Å²) in [5, 5.41) is 2.99. The van der Waals surface area contributed by atoms with Crippen LogP contribution in [0.25, 0.3) is 0 Å². The fourth-order valence-electron chi connectivity index (χ4n) is 1.52. The molecule has 0 unspecified atom stereocenters. The third-order valence-electron chi connectivity index (χ3n) is 3.75. The van der Waals surface area contributed by atoms with Crippen LogP contribution in [-0.2, 0) is 6.42 Å². The first-order valence-corrected chi connectivity index (χ1v) is 6.80. The van der Waals surface area contributed by atoms with Gasteiger partial charge in [0.1, 0.15) is 0 Å². The van der Waals surface area contributed by atoms with Crippen molar-refractivity contribution in [3.63, 3.8) is 0 Å². The molecule has 0 aliphatic heterocycles. The Labute approximate surface area is 115 Å². The number of hydrogen-bond donors (Lipinski definition) is 2. The molecule has 1 rings (SSSR count). The minimum Gasteiger partial charge on any atom is -0.351 e. The van der Waals surface area contributed by atoms with Gasteiger partial charge in [-0.15, -0.1) is 0 Å². The topological polar surface area (TPSA) is 68.0 Å². The molecule has 3 N–H and O–H groups in total. The van der Waals surface area contributed by atoms with Crippen molar-refractivity contribution in [1.29, 1.82) is 0 Å². The Morgan fingerprint density at radius 3 is 2.74 bits per heavy atom. The predicted molar refractivity (Wildman–Crippen MR) is 77.9 cm³/mol. The highest BCUT2D eigenvalue weighted by atomic mass is 16.1. The molecular weight excluding hydrogens is 238 g/mol. The number of amides is 1. The van der Waals surface area contributed by atoms with Crippen LogP contribution in [0.3, 0.4) is 0 Å². The van der Waals surface area contributed by atoms with Crippen LogP contribution in [0.5, 0.6) is 0 Å². The fourth-order valence-corrected chi connectivity index (χ4v) is 1.52. The molecule has 1 amide bonds. The molecule has 4 nitrogen and oxygen atoms in total. The molecule has 0 fully saturated rings. The number of nitrogens with one attached hydrogen (secondary N) is 1. The largest absolute Gasteiger partial charge is 0.351 e. The average molecular weight is 263 g/mol. The van der Waals surface area contributed by atoms with Crippen molar-refractivity contribution in [3.8, 4) is 0 Å². The van der Waals surface area contributed by atoms with Gasteiger partial charge >= 0.3 is 0 Å². The van der Waals surface area contributed by atoms with Gasteiger partial charge in [-0.3, -0.25) is 9.78 Å². The van der Waals surface area contributed by atoms with Gasteiger partial charge < -0.3 is 11.1 Å². The van der Waals surface area contributed by atoms with Gasteiger partial charge in [0, 0.05) is 30.4 Å². The quantitative estimate of drug-likeness (QED) is 0.824. The fraction of sp³-hybridized carbons (Fsp3) is 0.600. The number of carbonyl (C=O) groups excluding carboxylic acids is 1. The minimum absolute atomic E-state index is 0.0469. The van der Waals surface area contributed by atoms with Crippen LogP contribution < -0.4 is 11.1 Å². The molecular formula is C15H25N3O. The maximum Gasteiger partial charge on any atom is 0.251 e. The summed E-state index contributed by atoms with van der Waals surface area (Å²) in [5.41, 5.74) is 7.09. The molecule has 0 saturated carbocycles. The SMILES string of the molecule is CC(C)C(C)(C)CNC(=O)c1ccnc(CCN)c1. The molecule has 0 saturated heterocycles. The van der Waals surface area contributed by atoms with E-state index in [2.05, 4.69) is 38.0 Å². The van der Waals surface area contributed by atoms with Gasteiger partial charge in [-0.25, -0.2) is 0 Å². The van der Waals surface area contributed by atoms with E-state index in [9.17, 15) is 4.79 Å². The highest BCUT2D eigenvalue weighted by molar-refractivity contribution is 5.94. The molecule has 1 aromatic heterocycles. The summed E-state index contributed by atoms with van der Waals surface area (Å²) in [4.78, 5) is 16.3. The van der Waals surface area contributed by atoms with E-state index in [-0.39, 0.29) is 11.3 Å². The molecule has 0 atom stereocenters. The summed E-state index contributed by atoms with van der Waals surface area (Å²) in [6.45, 7) is 9.85. The van der Waals surface area contributed by atoms with Gasteiger partial charge in [0.15, 0.2) is 0 Å². The third-order valence-corrected chi connectivity index (χ3v) is 3.75. The molecule has 4 heteroatoms. The van der Waals surface area contributed by atoms with E-state index < -0.39 is 0 Å². The Hall–Kier alpha value is -1.42. The first-order valence-electron chi connectivity index (χ1n) is 6.80. The molecule has 1 heterocycles. The lowest BCUT2D eigenvalue weighted by atomic mass is 9.81. The van der Waals surface area contributed by atoms with Crippen LogP contribution in [0, 0.1) is 11.3 Å². The van der Waals surface area contributed by atoms with Crippen LogP contribution in [0.4, 0.5) is 0 Å². The van der Waals surface area contributed by atoms with Crippen LogP contribution in [0.1, 0.15) is 43.7 Å². The second kappa shape index (κ2) is 6.66. The van der Waals surface area contributed by atoms with E-state index in [1.807, 2.05) is 6.07 Å².